The number of nitrogens with zero attached hydrogens (tertiary/aromatic N) is 6. The Balaban J connectivity index is 1.71. The van der Waals surface area contributed by atoms with Gasteiger partial charge < -0.3 is 10.2 Å². The molecule has 3 aromatic rings. The fraction of sp³-hybridized carbons (Fsp3) is 0.474. The van der Waals surface area contributed by atoms with Crippen LogP contribution in [0.1, 0.15) is 32.6 Å². The average Bonchev–Trinajstić information content (AvgIpc) is 3.34. The van der Waals surface area contributed by atoms with Crippen LogP contribution in [0.5, 0.6) is 0 Å². The quantitative estimate of drug-likeness (QED) is 0.746. The van der Waals surface area contributed by atoms with E-state index < -0.39 is 0 Å². The first-order valence-electron chi connectivity index (χ1n) is 9.52. The first-order chi connectivity index (χ1) is 13.2. The van der Waals surface area contributed by atoms with Crippen LogP contribution in [0.25, 0.3) is 16.8 Å². The zero-order valence-corrected chi connectivity index (χ0v) is 15.8. The van der Waals surface area contributed by atoms with E-state index in [9.17, 15) is 4.79 Å². The summed E-state index contributed by atoms with van der Waals surface area (Å²) in [5.41, 5.74) is 2.79. The number of carbonyl (C=O) groups excluding carboxylic acids is 1. The number of carbonyl (C=O) groups is 1. The van der Waals surface area contributed by atoms with Gasteiger partial charge in [0.25, 0.3) is 0 Å². The van der Waals surface area contributed by atoms with E-state index in [0.29, 0.717) is 13.0 Å². The number of aryl methyl sites for hydroxylation is 1. The molecule has 1 amide bonds. The lowest BCUT2D eigenvalue weighted by atomic mass is 10.0. The Morgan fingerprint density at radius 2 is 2.19 bits per heavy atom. The Bertz CT molecular complexity index is 945. The summed E-state index contributed by atoms with van der Waals surface area (Å²) in [6.45, 7) is 3.45. The molecule has 0 bridgehead atoms. The number of anilines is 1. The molecule has 3 aromatic heterocycles. The monoisotopic (exact) mass is 367 g/mol. The zero-order valence-electron chi connectivity index (χ0n) is 15.8. The molecule has 1 aliphatic rings. The average molecular weight is 367 g/mol. The second-order valence-electron chi connectivity index (χ2n) is 7.01. The third-order valence-electron chi connectivity index (χ3n) is 5.13. The molecule has 0 saturated carbocycles. The van der Waals surface area contributed by atoms with Crippen LogP contribution in [0.15, 0.2) is 30.9 Å². The predicted molar refractivity (Wildman–Crippen MR) is 103 cm³/mol. The summed E-state index contributed by atoms with van der Waals surface area (Å²) in [6.07, 6.45) is 11.3. The highest BCUT2D eigenvalue weighted by Crippen LogP contribution is 2.29. The molecule has 0 unspecified atom stereocenters. The summed E-state index contributed by atoms with van der Waals surface area (Å²) in [7, 11) is 1.90. The molecule has 1 atom stereocenters. The molecule has 8 nitrogen and oxygen atoms in total. The molecule has 1 N–H and O–H groups in total. The molecule has 1 aliphatic heterocycles. The number of nitrogens with one attached hydrogen (secondary N) is 1. The maximum atomic E-state index is 11.7. The third kappa shape index (κ3) is 3.51. The highest BCUT2D eigenvalue weighted by molar-refractivity contribution is 5.76. The van der Waals surface area contributed by atoms with Crippen molar-refractivity contribution in [1.29, 1.82) is 0 Å². The predicted octanol–water partition coefficient (Wildman–Crippen LogP) is 2.01. The Morgan fingerprint density at radius 1 is 1.30 bits per heavy atom. The highest BCUT2D eigenvalue weighted by atomic mass is 16.1. The molecule has 1 fully saturated rings. The molecule has 0 aromatic carbocycles. The normalized spacial score (nSPS) is 17.4. The van der Waals surface area contributed by atoms with Crippen LogP contribution in [-0.2, 0) is 11.8 Å². The van der Waals surface area contributed by atoms with Crippen LogP contribution in [-0.4, -0.2) is 49.4 Å². The van der Waals surface area contributed by atoms with E-state index in [4.69, 9.17) is 4.98 Å². The van der Waals surface area contributed by atoms with E-state index in [0.717, 1.165) is 42.0 Å². The van der Waals surface area contributed by atoms with Crippen LogP contribution >= 0.6 is 0 Å². The lowest BCUT2D eigenvalue weighted by molar-refractivity contribution is -0.120. The van der Waals surface area contributed by atoms with Gasteiger partial charge in [0, 0.05) is 44.4 Å². The number of piperidine rings is 1. The Kier molecular flexibility index (Phi) is 4.79. The molecule has 27 heavy (non-hydrogen) atoms. The van der Waals surface area contributed by atoms with Crippen molar-refractivity contribution in [3.05, 3.63) is 30.9 Å². The summed E-state index contributed by atoms with van der Waals surface area (Å²) in [5.74, 6) is 1.01. The lowest BCUT2D eigenvalue weighted by Crippen LogP contribution is -2.47. The van der Waals surface area contributed by atoms with E-state index in [-0.39, 0.29) is 11.9 Å². The number of fused-ring (bicyclic) bond motifs is 1. The van der Waals surface area contributed by atoms with Crippen LogP contribution in [0.2, 0.25) is 0 Å². The van der Waals surface area contributed by atoms with E-state index in [1.807, 2.05) is 43.1 Å². The van der Waals surface area contributed by atoms with Gasteiger partial charge in [0.1, 0.15) is 5.52 Å². The van der Waals surface area contributed by atoms with E-state index >= 15 is 0 Å². The number of rotatable bonds is 5. The van der Waals surface area contributed by atoms with Gasteiger partial charge in [-0.2, -0.15) is 10.2 Å². The van der Waals surface area contributed by atoms with Crippen LogP contribution in [0.3, 0.4) is 0 Å². The number of hydrogen-bond acceptors (Lipinski definition) is 5. The van der Waals surface area contributed by atoms with E-state index in [1.165, 1.54) is 6.42 Å². The van der Waals surface area contributed by atoms with Gasteiger partial charge in [-0.25, -0.2) is 9.50 Å². The summed E-state index contributed by atoms with van der Waals surface area (Å²) < 4.78 is 3.65. The van der Waals surface area contributed by atoms with Crippen molar-refractivity contribution >= 4 is 17.2 Å². The SMILES string of the molecule is CCC(=O)NC[C@@H]1CCCCN1c1nc(-c2cnn(C)c2)cn2nccc12. The molecule has 1 saturated heterocycles. The second-order valence-corrected chi connectivity index (χ2v) is 7.01. The minimum Gasteiger partial charge on any atom is -0.354 e. The maximum Gasteiger partial charge on any atom is 0.219 e. The van der Waals surface area contributed by atoms with Gasteiger partial charge in [-0.15, -0.1) is 0 Å². The molecular weight excluding hydrogens is 342 g/mol. The van der Waals surface area contributed by atoms with Gasteiger partial charge >= 0.3 is 0 Å². The lowest BCUT2D eigenvalue weighted by Gasteiger charge is -2.37. The standard InChI is InChI=1S/C19H25N7O/c1-3-18(27)20-11-15-6-4-5-9-25(15)19-17-7-8-21-26(17)13-16(23-19)14-10-22-24(2)12-14/h7-8,10,12-13,15H,3-6,9,11H2,1-2H3,(H,20,27)/t15-/m0/s1. The van der Waals surface area contributed by atoms with Crippen molar-refractivity contribution in [2.75, 3.05) is 18.0 Å². The van der Waals surface area contributed by atoms with Crippen LogP contribution < -0.4 is 10.2 Å². The molecule has 142 valence electrons. The van der Waals surface area contributed by atoms with Gasteiger partial charge in [-0.3, -0.25) is 9.48 Å². The first kappa shape index (κ1) is 17.5. The van der Waals surface area contributed by atoms with Crippen LogP contribution in [0, 0.1) is 0 Å². The molecule has 8 heteroatoms. The molecule has 0 spiro atoms. The van der Waals surface area contributed by atoms with Crippen molar-refractivity contribution in [3.8, 4) is 11.3 Å². The number of hydrogen-bond donors (Lipinski definition) is 1. The van der Waals surface area contributed by atoms with Crippen molar-refractivity contribution in [2.24, 2.45) is 7.05 Å². The summed E-state index contributed by atoms with van der Waals surface area (Å²) in [4.78, 5) is 19.0. The summed E-state index contributed by atoms with van der Waals surface area (Å²) in [5, 5.41) is 11.7. The minimum atomic E-state index is 0.0899. The highest BCUT2D eigenvalue weighted by Gasteiger charge is 2.26. The second kappa shape index (κ2) is 7.38. The van der Waals surface area contributed by atoms with Gasteiger partial charge in [0.2, 0.25) is 5.91 Å². The molecule has 4 rings (SSSR count). The van der Waals surface area contributed by atoms with Crippen molar-refractivity contribution in [3.63, 3.8) is 0 Å². The first-order valence-corrected chi connectivity index (χ1v) is 9.52. The molecule has 4 heterocycles. The Morgan fingerprint density at radius 3 is 2.96 bits per heavy atom. The van der Waals surface area contributed by atoms with Crippen molar-refractivity contribution in [1.82, 2.24) is 29.7 Å². The summed E-state index contributed by atoms with van der Waals surface area (Å²) >= 11 is 0. The smallest absolute Gasteiger partial charge is 0.219 e. The largest absolute Gasteiger partial charge is 0.354 e. The van der Waals surface area contributed by atoms with Gasteiger partial charge in [-0.05, 0) is 25.3 Å². The molecule has 0 aliphatic carbocycles. The molecular formula is C19H25N7O. The Hall–Kier alpha value is -2.90. The number of amides is 1. The zero-order chi connectivity index (χ0) is 18.8. The number of aromatic nitrogens is 5. The maximum absolute atomic E-state index is 11.7. The van der Waals surface area contributed by atoms with E-state index in [2.05, 4.69) is 20.4 Å². The van der Waals surface area contributed by atoms with Crippen molar-refractivity contribution < 1.29 is 4.79 Å². The van der Waals surface area contributed by atoms with E-state index in [1.54, 1.807) is 10.9 Å². The van der Waals surface area contributed by atoms with Crippen molar-refractivity contribution in [2.45, 2.75) is 38.6 Å². The third-order valence-corrected chi connectivity index (χ3v) is 5.13. The van der Waals surface area contributed by atoms with Gasteiger partial charge in [0.15, 0.2) is 5.82 Å². The molecule has 0 radical (unpaired) electrons. The fourth-order valence-electron chi connectivity index (χ4n) is 3.66. The fourth-order valence-corrected chi connectivity index (χ4v) is 3.66. The van der Waals surface area contributed by atoms with Gasteiger partial charge in [-0.1, -0.05) is 6.92 Å². The minimum absolute atomic E-state index is 0.0899. The Labute approximate surface area is 158 Å². The van der Waals surface area contributed by atoms with Crippen LogP contribution in [0.4, 0.5) is 5.82 Å². The topological polar surface area (TPSA) is 80.4 Å². The van der Waals surface area contributed by atoms with Gasteiger partial charge in [0.05, 0.1) is 24.3 Å². The summed E-state index contributed by atoms with van der Waals surface area (Å²) in [6, 6.07) is 2.23.